The minimum absolute atomic E-state index is 0.681. The van der Waals surface area contributed by atoms with Crippen LogP contribution < -0.4 is 15.4 Å². The van der Waals surface area contributed by atoms with E-state index in [1.807, 2.05) is 25.2 Å². The zero-order valence-corrected chi connectivity index (χ0v) is 13.3. The summed E-state index contributed by atoms with van der Waals surface area (Å²) in [7, 11) is 2.03. The Bertz CT molecular complexity index is 623. The molecule has 0 fully saturated rings. The maximum Gasteiger partial charge on any atom is 0.144 e. The number of hydrogen-bond donors (Lipinski definition) is 1. The van der Waals surface area contributed by atoms with Crippen LogP contribution in [-0.4, -0.2) is 13.7 Å². The molecule has 0 aromatic heterocycles. The lowest BCUT2D eigenvalue weighted by Crippen LogP contribution is -2.13. The van der Waals surface area contributed by atoms with E-state index in [1.54, 1.807) is 0 Å². The van der Waals surface area contributed by atoms with E-state index in [0.29, 0.717) is 12.3 Å². The highest BCUT2D eigenvalue weighted by atomic mass is 16.5. The van der Waals surface area contributed by atoms with E-state index < -0.39 is 0 Å². The summed E-state index contributed by atoms with van der Waals surface area (Å²) in [6.07, 6.45) is 0.969. The van der Waals surface area contributed by atoms with E-state index in [2.05, 4.69) is 43.9 Å². The third-order valence-electron chi connectivity index (χ3n) is 3.58. The molecule has 2 aromatic rings. The number of ether oxygens (including phenoxy) is 1. The molecule has 0 radical (unpaired) electrons. The number of nitrogens with two attached hydrogens (primary N) is 1. The highest BCUT2D eigenvalue weighted by molar-refractivity contribution is 5.79. The zero-order chi connectivity index (χ0) is 15.4. The molecule has 0 saturated heterocycles. The Kier molecular flexibility index (Phi) is 4.73. The smallest absolute Gasteiger partial charge is 0.144 e. The van der Waals surface area contributed by atoms with E-state index in [9.17, 15) is 0 Å². The zero-order valence-electron chi connectivity index (χ0n) is 13.3. The maximum absolute atomic E-state index is 6.28. The second-order valence-corrected chi connectivity index (χ2v) is 5.39. The quantitative estimate of drug-likeness (QED) is 0.825. The highest BCUT2D eigenvalue weighted by Gasteiger charge is 2.13. The molecule has 2 rings (SSSR count). The lowest BCUT2D eigenvalue weighted by atomic mass is 10.1. The van der Waals surface area contributed by atoms with Gasteiger partial charge in [0.1, 0.15) is 5.75 Å². The van der Waals surface area contributed by atoms with Gasteiger partial charge in [0.2, 0.25) is 0 Å². The lowest BCUT2D eigenvalue weighted by molar-refractivity contribution is 0.319. The Morgan fingerprint density at radius 3 is 2.52 bits per heavy atom. The van der Waals surface area contributed by atoms with Crippen molar-refractivity contribution < 1.29 is 4.74 Å². The fraction of sp³-hybridized carbons (Fsp3) is 0.333. The average molecular weight is 284 g/mol. The number of para-hydroxylation sites is 1. The summed E-state index contributed by atoms with van der Waals surface area (Å²) in [5, 5.41) is 0. The third-order valence-corrected chi connectivity index (χ3v) is 3.58. The van der Waals surface area contributed by atoms with Gasteiger partial charge in [0.15, 0.2) is 0 Å². The third kappa shape index (κ3) is 3.30. The van der Waals surface area contributed by atoms with Crippen molar-refractivity contribution in [2.75, 3.05) is 24.3 Å². The Hall–Kier alpha value is -2.16. The fourth-order valence-corrected chi connectivity index (χ4v) is 2.47. The van der Waals surface area contributed by atoms with Crippen LogP contribution in [0.5, 0.6) is 5.75 Å². The van der Waals surface area contributed by atoms with Gasteiger partial charge < -0.3 is 15.4 Å². The molecule has 0 aliphatic carbocycles. The van der Waals surface area contributed by atoms with Gasteiger partial charge in [0, 0.05) is 12.7 Å². The molecule has 0 bridgehead atoms. The van der Waals surface area contributed by atoms with Crippen molar-refractivity contribution in [3.05, 3.63) is 47.5 Å². The Morgan fingerprint density at radius 2 is 1.86 bits per heavy atom. The first-order valence-corrected chi connectivity index (χ1v) is 7.37. The Balaban J connectivity index is 2.36. The molecule has 0 saturated carbocycles. The van der Waals surface area contributed by atoms with Crippen LogP contribution >= 0.6 is 0 Å². The van der Waals surface area contributed by atoms with Crippen molar-refractivity contribution in [1.82, 2.24) is 0 Å². The van der Waals surface area contributed by atoms with Crippen molar-refractivity contribution in [1.29, 1.82) is 0 Å². The molecule has 0 atom stereocenters. The molecule has 0 unspecified atom stereocenters. The normalized spacial score (nSPS) is 10.5. The van der Waals surface area contributed by atoms with Crippen LogP contribution in [0.15, 0.2) is 36.4 Å². The number of hydrogen-bond acceptors (Lipinski definition) is 3. The molecule has 3 heteroatoms. The fourth-order valence-electron chi connectivity index (χ4n) is 2.47. The second kappa shape index (κ2) is 6.53. The number of rotatable bonds is 5. The van der Waals surface area contributed by atoms with Gasteiger partial charge in [0.25, 0.3) is 0 Å². The minimum atomic E-state index is 0.681. The summed E-state index contributed by atoms with van der Waals surface area (Å²) in [4.78, 5) is 2.11. The summed E-state index contributed by atoms with van der Waals surface area (Å²) < 4.78 is 5.71. The van der Waals surface area contributed by atoms with Gasteiger partial charge in [0.05, 0.1) is 18.0 Å². The average Bonchev–Trinajstić information content (AvgIpc) is 2.45. The molecule has 112 valence electrons. The molecule has 3 nitrogen and oxygen atoms in total. The SMILES string of the molecule is CCCOc1cccc(N(C)c2ccc(C)cc2C)c1N. The van der Waals surface area contributed by atoms with Gasteiger partial charge in [-0.2, -0.15) is 0 Å². The number of nitrogen functional groups attached to an aromatic ring is 1. The van der Waals surface area contributed by atoms with Crippen LogP contribution in [0, 0.1) is 13.8 Å². The van der Waals surface area contributed by atoms with Crippen LogP contribution in [0.2, 0.25) is 0 Å². The van der Waals surface area contributed by atoms with Gasteiger partial charge in [-0.15, -0.1) is 0 Å². The summed E-state index contributed by atoms with van der Waals surface area (Å²) in [6, 6.07) is 12.4. The van der Waals surface area contributed by atoms with Crippen LogP contribution in [0.3, 0.4) is 0 Å². The maximum atomic E-state index is 6.28. The van der Waals surface area contributed by atoms with Crippen molar-refractivity contribution in [3.8, 4) is 5.75 Å². The van der Waals surface area contributed by atoms with Crippen molar-refractivity contribution in [3.63, 3.8) is 0 Å². The first-order chi connectivity index (χ1) is 10.0. The van der Waals surface area contributed by atoms with Gasteiger partial charge in [-0.25, -0.2) is 0 Å². The molecule has 2 N–H and O–H groups in total. The predicted octanol–water partition coefficient (Wildman–Crippen LogP) is 4.44. The Labute approximate surface area is 127 Å². The first-order valence-electron chi connectivity index (χ1n) is 7.37. The van der Waals surface area contributed by atoms with E-state index in [1.165, 1.54) is 11.1 Å². The van der Waals surface area contributed by atoms with Crippen LogP contribution in [-0.2, 0) is 0 Å². The lowest BCUT2D eigenvalue weighted by Gasteiger charge is -2.24. The van der Waals surface area contributed by atoms with E-state index in [0.717, 1.165) is 23.5 Å². The summed E-state index contributed by atoms with van der Waals surface area (Å²) >= 11 is 0. The van der Waals surface area contributed by atoms with Crippen molar-refractivity contribution in [2.24, 2.45) is 0 Å². The van der Waals surface area contributed by atoms with Gasteiger partial charge in [-0.1, -0.05) is 30.7 Å². The van der Waals surface area contributed by atoms with Gasteiger partial charge in [-0.05, 0) is 44.0 Å². The number of benzene rings is 2. The molecule has 21 heavy (non-hydrogen) atoms. The number of aryl methyl sites for hydroxylation is 2. The molecule has 0 aliphatic rings. The van der Waals surface area contributed by atoms with E-state index >= 15 is 0 Å². The molecule has 0 amide bonds. The summed E-state index contributed by atoms with van der Waals surface area (Å²) in [6.45, 7) is 6.99. The van der Waals surface area contributed by atoms with E-state index in [-0.39, 0.29) is 0 Å². The highest BCUT2D eigenvalue weighted by Crippen LogP contribution is 2.36. The van der Waals surface area contributed by atoms with Gasteiger partial charge >= 0.3 is 0 Å². The first kappa shape index (κ1) is 15.2. The molecule has 0 heterocycles. The van der Waals surface area contributed by atoms with Crippen LogP contribution in [0.25, 0.3) is 0 Å². The minimum Gasteiger partial charge on any atom is -0.491 e. The summed E-state index contributed by atoms with van der Waals surface area (Å²) in [5.74, 6) is 0.756. The second-order valence-electron chi connectivity index (χ2n) is 5.39. The molecular weight excluding hydrogens is 260 g/mol. The molecular formula is C18H24N2O. The van der Waals surface area contributed by atoms with E-state index in [4.69, 9.17) is 10.5 Å². The van der Waals surface area contributed by atoms with Crippen LogP contribution in [0.4, 0.5) is 17.1 Å². The summed E-state index contributed by atoms with van der Waals surface area (Å²) in [5.41, 5.74) is 11.6. The Morgan fingerprint density at radius 1 is 1.10 bits per heavy atom. The molecule has 0 spiro atoms. The number of nitrogens with zero attached hydrogens (tertiary/aromatic N) is 1. The van der Waals surface area contributed by atoms with Gasteiger partial charge in [-0.3, -0.25) is 0 Å². The monoisotopic (exact) mass is 284 g/mol. The predicted molar refractivity (Wildman–Crippen MR) is 90.6 cm³/mol. The molecule has 2 aromatic carbocycles. The topological polar surface area (TPSA) is 38.5 Å². The largest absolute Gasteiger partial charge is 0.491 e. The standard InChI is InChI=1S/C18H24N2O/c1-5-11-21-17-8-6-7-16(18(17)19)20(4)15-10-9-13(2)12-14(15)3/h6-10,12H,5,11,19H2,1-4H3. The van der Waals surface area contributed by atoms with Crippen molar-refractivity contribution in [2.45, 2.75) is 27.2 Å². The molecule has 0 aliphatic heterocycles. The number of anilines is 3. The van der Waals surface area contributed by atoms with Crippen molar-refractivity contribution >= 4 is 17.1 Å². The van der Waals surface area contributed by atoms with Crippen LogP contribution in [0.1, 0.15) is 24.5 Å².